The lowest BCUT2D eigenvalue weighted by Gasteiger charge is -2.32. The lowest BCUT2D eigenvalue weighted by Crippen LogP contribution is -2.47. The molecule has 0 spiro atoms. The Labute approximate surface area is 90.8 Å². The fourth-order valence-corrected chi connectivity index (χ4v) is 3.77. The number of piperidine rings is 1. The van der Waals surface area contributed by atoms with Crippen LogP contribution in [-0.4, -0.2) is 28.7 Å². The van der Waals surface area contributed by atoms with Crippen LogP contribution >= 0.6 is 0 Å². The molecule has 84 valence electrons. The minimum absolute atomic E-state index is 0.0331. The quantitative estimate of drug-likeness (QED) is 0.655. The number of rotatable bonds is 1. The van der Waals surface area contributed by atoms with E-state index in [1.807, 2.05) is 0 Å². The van der Waals surface area contributed by atoms with Gasteiger partial charge < -0.3 is 4.90 Å². The number of amides is 1. The Balaban J connectivity index is 2.32. The third-order valence-electron chi connectivity index (χ3n) is 4.37. The van der Waals surface area contributed by atoms with Gasteiger partial charge in [-0.2, -0.15) is 0 Å². The molecule has 0 bridgehead atoms. The maximum absolute atomic E-state index is 11.6. The monoisotopic (exact) mass is 209 g/mol. The molecule has 1 aliphatic heterocycles. The second-order valence-electron chi connectivity index (χ2n) is 5.60. The van der Waals surface area contributed by atoms with Crippen molar-refractivity contribution in [2.24, 2.45) is 17.3 Å². The van der Waals surface area contributed by atoms with E-state index in [1.165, 1.54) is 0 Å². The minimum Gasteiger partial charge on any atom is -0.330 e. The molecule has 0 radical (unpaired) electrons. The number of nitrogens with zero attached hydrogens (tertiary/aromatic N) is 1. The lowest BCUT2D eigenvalue weighted by atomic mass is 9.97. The molecule has 1 saturated carbocycles. The summed E-state index contributed by atoms with van der Waals surface area (Å²) >= 11 is 0. The van der Waals surface area contributed by atoms with Crippen LogP contribution in [0, 0.1) is 17.3 Å². The topological polar surface area (TPSA) is 37.4 Å². The van der Waals surface area contributed by atoms with Crippen molar-refractivity contribution < 1.29 is 9.59 Å². The van der Waals surface area contributed by atoms with Crippen LogP contribution in [0.5, 0.6) is 0 Å². The summed E-state index contributed by atoms with van der Waals surface area (Å²) in [7, 11) is 0. The van der Waals surface area contributed by atoms with Crippen LogP contribution < -0.4 is 0 Å². The first kappa shape index (κ1) is 10.7. The second-order valence-corrected chi connectivity index (χ2v) is 5.60. The van der Waals surface area contributed by atoms with Crippen molar-refractivity contribution >= 4 is 11.7 Å². The molecule has 0 aromatic rings. The lowest BCUT2D eigenvalue weighted by molar-refractivity contribution is -0.139. The maximum atomic E-state index is 11.6. The van der Waals surface area contributed by atoms with Crippen LogP contribution in [0.25, 0.3) is 0 Å². The van der Waals surface area contributed by atoms with Crippen molar-refractivity contribution in [3.05, 3.63) is 0 Å². The van der Waals surface area contributed by atoms with Gasteiger partial charge in [-0.15, -0.1) is 0 Å². The fraction of sp³-hybridized carbons (Fsp3) is 0.833. The van der Waals surface area contributed by atoms with E-state index in [0.717, 1.165) is 0 Å². The number of carbonyl (C=O) groups excluding carboxylic acids is 2. The Morgan fingerprint density at radius 1 is 1.13 bits per heavy atom. The zero-order valence-corrected chi connectivity index (χ0v) is 10.1. The number of Topliss-reactive ketones (excluding diaryl/α,β-unsaturated/α-hetero) is 1. The molecule has 2 fully saturated rings. The van der Waals surface area contributed by atoms with E-state index in [9.17, 15) is 9.59 Å². The van der Waals surface area contributed by atoms with E-state index in [0.29, 0.717) is 11.8 Å². The summed E-state index contributed by atoms with van der Waals surface area (Å²) < 4.78 is 0. The molecule has 1 saturated heterocycles. The number of ketones is 1. The van der Waals surface area contributed by atoms with Crippen molar-refractivity contribution in [3.63, 3.8) is 0 Å². The summed E-state index contributed by atoms with van der Waals surface area (Å²) in [6.45, 7) is 9.63. The van der Waals surface area contributed by atoms with Gasteiger partial charge in [-0.1, -0.05) is 13.8 Å². The molecule has 2 rings (SSSR count). The Morgan fingerprint density at radius 2 is 1.67 bits per heavy atom. The van der Waals surface area contributed by atoms with Crippen LogP contribution in [0.1, 0.15) is 34.6 Å². The number of fused-ring (bicyclic) bond motifs is 1. The van der Waals surface area contributed by atoms with Crippen molar-refractivity contribution in [1.82, 2.24) is 4.90 Å². The average Bonchev–Trinajstić information content (AvgIpc) is 2.50. The van der Waals surface area contributed by atoms with E-state index >= 15 is 0 Å². The summed E-state index contributed by atoms with van der Waals surface area (Å²) in [4.78, 5) is 24.9. The van der Waals surface area contributed by atoms with Crippen molar-refractivity contribution in [2.45, 2.75) is 46.7 Å². The summed E-state index contributed by atoms with van der Waals surface area (Å²) in [6, 6.07) is 0.0499. The van der Waals surface area contributed by atoms with Crippen molar-refractivity contribution in [1.29, 1.82) is 0 Å². The number of carbonyl (C=O) groups is 2. The van der Waals surface area contributed by atoms with Gasteiger partial charge in [-0.3, -0.25) is 9.59 Å². The van der Waals surface area contributed by atoms with E-state index in [1.54, 1.807) is 18.7 Å². The third kappa shape index (κ3) is 1.18. The molecule has 0 aromatic heterocycles. The molecular weight excluding hydrogens is 190 g/mol. The Hall–Kier alpha value is -0.860. The maximum Gasteiger partial charge on any atom is 0.220 e. The van der Waals surface area contributed by atoms with E-state index in [4.69, 9.17) is 0 Å². The Morgan fingerprint density at radius 3 is 2.07 bits per heavy atom. The van der Waals surface area contributed by atoms with Crippen LogP contribution in [0.15, 0.2) is 0 Å². The van der Waals surface area contributed by atoms with Gasteiger partial charge in [0.15, 0.2) is 5.78 Å². The van der Waals surface area contributed by atoms with Gasteiger partial charge >= 0.3 is 0 Å². The molecule has 3 heteroatoms. The molecule has 0 aromatic carbocycles. The van der Waals surface area contributed by atoms with Crippen LogP contribution in [0.4, 0.5) is 0 Å². The largest absolute Gasteiger partial charge is 0.330 e. The molecule has 15 heavy (non-hydrogen) atoms. The molecule has 1 heterocycles. The molecule has 2 aliphatic rings. The van der Waals surface area contributed by atoms with Crippen LogP contribution in [0.2, 0.25) is 0 Å². The van der Waals surface area contributed by atoms with Gasteiger partial charge in [0.1, 0.15) is 0 Å². The van der Waals surface area contributed by atoms with Crippen LogP contribution in [-0.2, 0) is 9.59 Å². The number of hydrogen-bond acceptors (Lipinski definition) is 2. The van der Waals surface area contributed by atoms with E-state index in [2.05, 4.69) is 20.8 Å². The van der Waals surface area contributed by atoms with Gasteiger partial charge in [-0.25, -0.2) is 0 Å². The summed E-state index contributed by atoms with van der Waals surface area (Å²) in [5.74, 6) is 1.06. The molecule has 0 N–H and O–H groups in total. The van der Waals surface area contributed by atoms with Crippen LogP contribution in [0.3, 0.4) is 0 Å². The van der Waals surface area contributed by atoms with Crippen molar-refractivity contribution in [3.8, 4) is 0 Å². The highest BCUT2D eigenvalue weighted by Crippen LogP contribution is 2.67. The fourth-order valence-electron chi connectivity index (χ4n) is 3.77. The van der Waals surface area contributed by atoms with E-state index < -0.39 is 0 Å². The summed E-state index contributed by atoms with van der Waals surface area (Å²) in [5.41, 5.74) is 0.238. The molecule has 2 unspecified atom stereocenters. The smallest absolute Gasteiger partial charge is 0.220 e. The highest BCUT2D eigenvalue weighted by molar-refractivity contribution is 5.89. The van der Waals surface area contributed by atoms with Gasteiger partial charge in [-0.05, 0) is 31.1 Å². The molecular formula is C12H19NO2. The molecule has 1 aliphatic carbocycles. The highest BCUT2D eigenvalue weighted by atomic mass is 16.2. The zero-order chi connectivity index (χ0) is 11.5. The van der Waals surface area contributed by atoms with Crippen molar-refractivity contribution in [2.75, 3.05) is 0 Å². The molecule has 1 amide bonds. The summed E-state index contributed by atoms with van der Waals surface area (Å²) in [5, 5.41) is 0. The van der Waals surface area contributed by atoms with Gasteiger partial charge in [0, 0.05) is 13.0 Å². The first-order valence-electron chi connectivity index (χ1n) is 5.59. The normalized spacial score (nSPS) is 41.3. The number of likely N-dealkylation sites (tertiary alicyclic amines) is 1. The SMILES string of the molecule is CC(=O)[C@@H]1C2[C@H](C(C)N1C(C)=O)C2(C)C. The third-order valence-corrected chi connectivity index (χ3v) is 4.37. The number of hydrogen-bond donors (Lipinski definition) is 0. The molecule has 3 nitrogen and oxygen atoms in total. The Bertz CT molecular complexity index is 335. The second kappa shape index (κ2) is 2.83. The highest BCUT2D eigenvalue weighted by Gasteiger charge is 2.71. The zero-order valence-electron chi connectivity index (χ0n) is 10.1. The predicted molar refractivity (Wildman–Crippen MR) is 57.2 cm³/mol. The minimum atomic E-state index is -0.169. The first-order chi connectivity index (χ1) is 6.80. The first-order valence-corrected chi connectivity index (χ1v) is 5.59. The standard InChI is InChI=1S/C12H19NO2/c1-6-9-10(12(9,4)5)11(7(2)14)13(6)8(3)15/h6,9-11H,1-5H3/t6?,9-,10?,11+/m0/s1. The van der Waals surface area contributed by atoms with Gasteiger partial charge in [0.25, 0.3) is 0 Å². The van der Waals surface area contributed by atoms with Gasteiger partial charge in [0.2, 0.25) is 5.91 Å². The Kier molecular flexibility index (Phi) is 2.01. The van der Waals surface area contributed by atoms with Gasteiger partial charge in [0.05, 0.1) is 6.04 Å². The van der Waals surface area contributed by atoms with E-state index in [-0.39, 0.29) is 29.2 Å². The molecule has 4 atom stereocenters. The predicted octanol–water partition coefficient (Wildman–Crippen LogP) is 1.47. The summed E-state index contributed by atoms with van der Waals surface area (Å²) in [6.07, 6.45) is 0. The average molecular weight is 209 g/mol.